The largest absolute Gasteiger partial charge is 0.480 e. The minimum absolute atomic E-state index is 0.0954. The highest BCUT2D eigenvalue weighted by atomic mass is 16.4. The summed E-state index contributed by atoms with van der Waals surface area (Å²) in [5, 5.41) is 21.7. The monoisotopic (exact) mass is 273 g/mol. The molecule has 0 amide bonds. The molecule has 4 nitrogen and oxygen atoms in total. The predicted octanol–water partition coefficient (Wildman–Crippen LogP) is 2.94. The molecule has 0 bridgehead atoms. The van der Waals surface area contributed by atoms with Crippen LogP contribution in [-0.4, -0.2) is 34.4 Å². The fraction of sp³-hybridized carbons (Fsp3) is 0.933. The number of hydrogen-bond acceptors (Lipinski definition) is 3. The number of rotatable bonds is 12. The number of aliphatic hydroxyl groups is 1. The molecule has 1 atom stereocenters. The molecule has 0 saturated carbocycles. The van der Waals surface area contributed by atoms with E-state index >= 15 is 0 Å². The Bertz CT molecular complexity index is 244. The number of unbranched alkanes of at least 4 members (excludes halogenated alkanes) is 5. The molecular formula is C15H31NO3. The number of carboxylic acid groups (broad SMARTS) is 1. The minimum Gasteiger partial charge on any atom is -0.480 e. The Kier molecular flexibility index (Phi) is 9.88. The van der Waals surface area contributed by atoms with Crippen molar-refractivity contribution in [1.29, 1.82) is 0 Å². The molecule has 1 unspecified atom stereocenters. The molecule has 0 aliphatic rings. The summed E-state index contributed by atoms with van der Waals surface area (Å²) in [4.78, 5) is 11.5. The third-order valence-electron chi connectivity index (χ3n) is 3.47. The molecule has 0 rings (SSSR count). The van der Waals surface area contributed by atoms with Crippen molar-refractivity contribution in [3.8, 4) is 0 Å². The van der Waals surface area contributed by atoms with E-state index in [2.05, 4.69) is 12.2 Å². The zero-order valence-electron chi connectivity index (χ0n) is 12.7. The molecule has 114 valence electrons. The average molecular weight is 273 g/mol. The van der Waals surface area contributed by atoms with Gasteiger partial charge in [0.05, 0.1) is 0 Å². The number of hydrogen-bond donors (Lipinski definition) is 3. The number of nitrogens with one attached hydrogen (secondary N) is 1. The summed E-state index contributed by atoms with van der Waals surface area (Å²) in [5.74, 6) is -0.844. The first kappa shape index (κ1) is 18.4. The van der Waals surface area contributed by atoms with Crippen LogP contribution < -0.4 is 5.32 Å². The Morgan fingerprint density at radius 2 is 1.68 bits per heavy atom. The third-order valence-corrected chi connectivity index (χ3v) is 3.47. The highest BCUT2D eigenvalue weighted by Crippen LogP contribution is 2.21. The molecule has 0 aromatic heterocycles. The summed E-state index contributed by atoms with van der Waals surface area (Å²) in [6, 6.07) is 0.0998. The van der Waals surface area contributed by atoms with Gasteiger partial charge in [-0.25, -0.2) is 0 Å². The Morgan fingerprint density at radius 1 is 1.11 bits per heavy atom. The van der Waals surface area contributed by atoms with E-state index < -0.39 is 11.5 Å². The van der Waals surface area contributed by atoms with Crippen molar-refractivity contribution in [2.45, 2.75) is 83.7 Å². The molecule has 0 heterocycles. The molecular weight excluding hydrogens is 242 g/mol. The average Bonchev–Trinajstić information content (AvgIpc) is 2.32. The van der Waals surface area contributed by atoms with Gasteiger partial charge in [-0.2, -0.15) is 0 Å². The summed E-state index contributed by atoms with van der Waals surface area (Å²) in [7, 11) is 0. The van der Waals surface area contributed by atoms with E-state index in [9.17, 15) is 9.90 Å². The highest BCUT2D eigenvalue weighted by molar-refractivity contribution is 5.78. The predicted molar refractivity (Wildman–Crippen MR) is 78.3 cm³/mol. The maximum atomic E-state index is 11.5. The van der Waals surface area contributed by atoms with Crippen LogP contribution in [0.15, 0.2) is 0 Å². The van der Waals surface area contributed by atoms with E-state index in [1.807, 2.05) is 13.8 Å². The summed E-state index contributed by atoms with van der Waals surface area (Å²) in [6.07, 6.45) is 7.71. The molecule has 19 heavy (non-hydrogen) atoms. The zero-order chi connectivity index (χ0) is 14.7. The van der Waals surface area contributed by atoms with Crippen molar-refractivity contribution in [3.05, 3.63) is 0 Å². The van der Waals surface area contributed by atoms with Crippen molar-refractivity contribution in [2.75, 3.05) is 6.61 Å². The molecule has 0 radical (unpaired) electrons. The van der Waals surface area contributed by atoms with Crippen molar-refractivity contribution >= 4 is 5.97 Å². The summed E-state index contributed by atoms with van der Waals surface area (Å²) in [5.41, 5.74) is -0.965. The number of carboxylic acids is 1. The minimum atomic E-state index is -0.965. The first-order chi connectivity index (χ1) is 8.98. The molecule has 0 aromatic rings. The van der Waals surface area contributed by atoms with Crippen LogP contribution in [0.5, 0.6) is 0 Å². The van der Waals surface area contributed by atoms with E-state index in [1.165, 1.54) is 25.7 Å². The van der Waals surface area contributed by atoms with Gasteiger partial charge in [0.2, 0.25) is 0 Å². The number of carbonyl (C=O) groups is 1. The van der Waals surface area contributed by atoms with Gasteiger partial charge in [-0.1, -0.05) is 45.4 Å². The van der Waals surface area contributed by atoms with Crippen molar-refractivity contribution < 1.29 is 15.0 Å². The van der Waals surface area contributed by atoms with Gasteiger partial charge in [0, 0.05) is 12.6 Å². The second-order valence-corrected chi connectivity index (χ2v) is 5.68. The molecule has 0 aliphatic heterocycles. The zero-order valence-corrected chi connectivity index (χ0v) is 12.7. The maximum absolute atomic E-state index is 11.5. The van der Waals surface area contributed by atoms with E-state index in [0.29, 0.717) is 6.42 Å². The van der Waals surface area contributed by atoms with Gasteiger partial charge in [-0.15, -0.1) is 0 Å². The molecule has 0 saturated heterocycles. The van der Waals surface area contributed by atoms with Gasteiger partial charge in [0.15, 0.2) is 0 Å². The molecule has 0 aliphatic carbocycles. The topological polar surface area (TPSA) is 69.6 Å². The molecule has 0 fully saturated rings. The smallest absolute Gasteiger partial charge is 0.323 e. The Hall–Kier alpha value is -0.610. The van der Waals surface area contributed by atoms with Crippen LogP contribution in [-0.2, 0) is 4.79 Å². The Morgan fingerprint density at radius 3 is 2.16 bits per heavy atom. The van der Waals surface area contributed by atoms with Crippen LogP contribution in [0.3, 0.4) is 0 Å². The normalized spacial score (nSPS) is 14.6. The SMILES string of the molecule is CCCCCCCCC(CCO)(NC(C)C)C(=O)O. The first-order valence-corrected chi connectivity index (χ1v) is 7.60. The highest BCUT2D eigenvalue weighted by Gasteiger charge is 2.37. The lowest BCUT2D eigenvalue weighted by atomic mass is 9.88. The van der Waals surface area contributed by atoms with Crippen LogP contribution in [0.25, 0.3) is 0 Å². The number of aliphatic hydroxyl groups excluding tert-OH is 1. The summed E-state index contributed by atoms with van der Waals surface area (Å²) < 4.78 is 0. The molecule has 0 spiro atoms. The fourth-order valence-corrected chi connectivity index (χ4v) is 2.50. The first-order valence-electron chi connectivity index (χ1n) is 7.60. The van der Waals surface area contributed by atoms with Crippen LogP contribution in [0.4, 0.5) is 0 Å². The van der Waals surface area contributed by atoms with Gasteiger partial charge >= 0.3 is 5.97 Å². The standard InChI is InChI=1S/C15H31NO3/c1-4-5-6-7-8-9-10-15(11-12-17,14(18)19)16-13(2)3/h13,16-17H,4-12H2,1-3H3,(H,18,19). The van der Waals surface area contributed by atoms with Crippen molar-refractivity contribution in [1.82, 2.24) is 5.32 Å². The van der Waals surface area contributed by atoms with E-state index in [4.69, 9.17) is 5.11 Å². The van der Waals surface area contributed by atoms with Crippen molar-refractivity contribution in [2.24, 2.45) is 0 Å². The van der Waals surface area contributed by atoms with E-state index in [1.54, 1.807) is 0 Å². The van der Waals surface area contributed by atoms with Crippen LogP contribution in [0.1, 0.15) is 72.1 Å². The second kappa shape index (κ2) is 10.2. The Balaban J connectivity index is 4.28. The fourth-order valence-electron chi connectivity index (χ4n) is 2.50. The molecule has 4 heteroatoms. The third kappa shape index (κ3) is 7.53. The lowest BCUT2D eigenvalue weighted by molar-refractivity contribution is -0.146. The van der Waals surface area contributed by atoms with Gasteiger partial charge in [-0.3, -0.25) is 10.1 Å². The maximum Gasteiger partial charge on any atom is 0.323 e. The van der Waals surface area contributed by atoms with E-state index in [0.717, 1.165) is 12.8 Å². The molecule has 0 aromatic carbocycles. The summed E-state index contributed by atoms with van der Waals surface area (Å²) >= 11 is 0. The van der Waals surface area contributed by atoms with Crippen LogP contribution in [0.2, 0.25) is 0 Å². The number of aliphatic carboxylic acids is 1. The Labute approximate surface area is 117 Å². The lowest BCUT2D eigenvalue weighted by Crippen LogP contribution is -2.55. The molecule has 3 N–H and O–H groups in total. The van der Waals surface area contributed by atoms with Gasteiger partial charge < -0.3 is 10.2 Å². The quantitative estimate of drug-likeness (QED) is 0.478. The van der Waals surface area contributed by atoms with Crippen LogP contribution >= 0.6 is 0 Å². The lowest BCUT2D eigenvalue weighted by Gasteiger charge is -2.32. The van der Waals surface area contributed by atoms with Gasteiger partial charge in [-0.05, 0) is 26.7 Å². The summed E-state index contributed by atoms with van der Waals surface area (Å²) in [6.45, 7) is 5.97. The van der Waals surface area contributed by atoms with Gasteiger partial charge in [0.25, 0.3) is 0 Å². The van der Waals surface area contributed by atoms with Crippen LogP contribution in [0, 0.1) is 0 Å². The van der Waals surface area contributed by atoms with Crippen molar-refractivity contribution in [3.63, 3.8) is 0 Å². The van der Waals surface area contributed by atoms with E-state index in [-0.39, 0.29) is 19.1 Å². The second-order valence-electron chi connectivity index (χ2n) is 5.68. The van der Waals surface area contributed by atoms with Gasteiger partial charge in [0.1, 0.15) is 5.54 Å².